The third-order valence-electron chi connectivity index (χ3n) is 6.38. The van der Waals surface area contributed by atoms with Crippen LogP contribution in [0.5, 0.6) is 0 Å². The van der Waals surface area contributed by atoms with Crippen molar-refractivity contribution in [1.82, 2.24) is 29.0 Å². The van der Waals surface area contributed by atoms with Crippen LogP contribution in [0.4, 0.5) is 0 Å². The van der Waals surface area contributed by atoms with Crippen molar-refractivity contribution < 1.29 is 17.9 Å². The van der Waals surface area contributed by atoms with Crippen LogP contribution in [0.3, 0.4) is 0 Å². The van der Waals surface area contributed by atoms with Crippen molar-refractivity contribution in [2.45, 2.75) is 31.7 Å². The first-order valence-electron chi connectivity index (χ1n) is 11.4. The molecule has 1 aromatic carbocycles. The van der Waals surface area contributed by atoms with Gasteiger partial charge in [-0.05, 0) is 43.5 Å². The van der Waals surface area contributed by atoms with Crippen molar-refractivity contribution in [3.05, 3.63) is 68.9 Å². The molecule has 5 rings (SSSR count). The molecule has 0 unspecified atom stereocenters. The fourth-order valence-corrected chi connectivity index (χ4v) is 5.93. The van der Waals surface area contributed by atoms with Crippen molar-refractivity contribution in [1.29, 1.82) is 0 Å². The number of H-pyrrole nitrogens is 1. The number of sulfonamides is 1. The van der Waals surface area contributed by atoms with Crippen LogP contribution in [-0.4, -0.2) is 76.1 Å². The summed E-state index contributed by atoms with van der Waals surface area (Å²) in [5, 5.41) is 4.27. The highest BCUT2D eigenvalue weighted by Crippen LogP contribution is 2.26. The highest BCUT2D eigenvalue weighted by atomic mass is 32.2. The lowest BCUT2D eigenvalue weighted by molar-refractivity contribution is 0.0728. The molecule has 1 amide bonds. The van der Waals surface area contributed by atoms with E-state index in [0.717, 1.165) is 11.1 Å². The number of carbonyl (C=O) groups excluding carboxylic acids is 1. The number of hydrogen-bond donors (Lipinski definition) is 1. The first kappa shape index (κ1) is 23.4. The van der Waals surface area contributed by atoms with Gasteiger partial charge in [-0.2, -0.15) is 9.40 Å². The first-order chi connectivity index (χ1) is 16.7. The number of rotatable bonds is 4. The Morgan fingerprint density at radius 2 is 1.86 bits per heavy atom. The second-order valence-corrected chi connectivity index (χ2v) is 10.6. The summed E-state index contributed by atoms with van der Waals surface area (Å²) in [6, 6.07) is 6.54. The fourth-order valence-electron chi connectivity index (χ4n) is 4.47. The van der Waals surface area contributed by atoms with E-state index in [9.17, 15) is 18.0 Å². The van der Waals surface area contributed by atoms with Crippen LogP contribution >= 0.6 is 0 Å². The monoisotopic (exact) mass is 498 g/mol. The number of morpholine rings is 1. The summed E-state index contributed by atoms with van der Waals surface area (Å²) in [7, 11) is -3.63. The molecule has 2 aromatic heterocycles. The zero-order chi connectivity index (χ0) is 24.7. The number of aromatic amines is 1. The standard InChI is InChI=1S/C23H26N6O5S/c1-15-11-21(30)26-23(25-15)29-16(2)20(13-24-29)22(31)27-6-5-17-3-4-19(12-18(17)14-27)35(32,33)28-7-9-34-10-8-28/h3-4,11-13H,5-10,14H2,1-2H3,(H,25,26,30). The smallest absolute Gasteiger partial charge is 0.257 e. The molecular formula is C23H26N6O5S. The Labute approximate surface area is 202 Å². The molecule has 2 aliphatic rings. The lowest BCUT2D eigenvalue weighted by Crippen LogP contribution is -2.41. The minimum absolute atomic E-state index is 0.212. The Kier molecular flexibility index (Phi) is 6.03. The van der Waals surface area contributed by atoms with Gasteiger partial charge >= 0.3 is 0 Å². The zero-order valence-electron chi connectivity index (χ0n) is 19.5. The molecule has 11 nitrogen and oxygen atoms in total. The van der Waals surface area contributed by atoms with E-state index < -0.39 is 10.0 Å². The van der Waals surface area contributed by atoms with Crippen LogP contribution in [0.1, 0.15) is 32.9 Å². The number of aryl methyl sites for hydroxylation is 1. The minimum atomic E-state index is -3.63. The number of amides is 1. The predicted molar refractivity (Wildman–Crippen MR) is 126 cm³/mol. The van der Waals surface area contributed by atoms with Gasteiger partial charge in [-0.3, -0.25) is 14.6 Å². The maximum atomic E-state index is 13.4. The van der Waals surface area contributed by atoms with Crippen molar-refractivity contribution in [3.63, 3.8) is 0 Å². The van der Waals surface area contributed by atoms with Gasteiger partial charge in [-0.1, -0.05) is 6.07 Å². The molecule has 0 spiro atoms. The van der Waals surface area contributed by atoms with Gasteiger partial charge in [0.1, 0.15) is 0 Å². The molecule has 4 heterocycles. The predicted octanol–water partition coefficient (Wildman–Crippen LogP) is 0.792. The lowest BCUT2D eigenvalue weighted by Gasteiger charge is -2.30. The van der Waals surface area contributed by atoms with Gasteiger partial charge in [0.05, 0.1) is 35.6 Å². The number of ether oxygens (including phenoxy) is 1. The van der Waals surface area contributed by atoms with Gasteiger partial charge in [0.15, 0.2) is 0 Å². The Morgan fingerprint density at radius 1 is 1.09 bits per heavy atom. The number of carbonyl (C=O) groups is 1. The zero-order valence-corrected chi connectivity index (χ0v) is 20.3. The molecule has 0 atom stereocenters. The van der Waals surface area contributed by atoms with E-state index in [4.69, 9.17) is 4.74 Å². The average molecular weight is 499 g/mol. The quantitative estimate of drug-likeness (QED) is 0.563. The number of nitrogens with one attached hydrogen (secondary N) is 1. The Hall–Kier alpha value is -3.35. The molecular weight excluding hydrogens is 472 g/mol. The summed E-state index contributed by atoms with van der Waals surface area (Å²) < 4.78 is 34.3. The van der Waals surface area contributed by atoms with Gasteiger partial charge in [0.25, 0.3) is 11.5 Å². The number of benzene rings is 1. The van der Waals surface area contributed by atoms with E-state index in [2.05, 4.69) is 15.1 Å². The number of nitrogens with zero attached hydrogens (tertiary/aromatic N) is 5. The van der Waals surface area contributed by atoms with Crippen LogP contribution in [0.15, 0.2) is 40.2 Å². The molecule has 2 aliphatic heterocycles. The fraction of sp³-hybridized carbons (Fsp3) is 0.391. The third-order valence-corrected chi connectivity index (χ3v) is 8.28. The topological polar surface area (TPSA) is 130 Å². The summed E-state index contributed by atoms with van der Waals surface area (Å²) in [6.45, 7) is 5.67. The van der Waals surface area contributed by atoms with Crippen molar-refractivity contribution in [2.24, 2.45) is 0 Å². The number of hydrogen-bond acceptors (Lipinski definition) is 7. The van der Waals surface area contributed by atoms with E-state index in [0.29, 0.717) is 62.8 Å². The van der Waals surface area contributed by atoms with Crippen molar-refractivity contribution >= 4 is 15.9 Å². The van der Waals surface area contributed by atoms with Crippen molar-refractivity contribution in [3.8, 4) is 5.95 Å². The van der Waals surface area contributed by atoms with Crippen LogP contribution in [-0.2, 0) is 27.7 Å². The molecule has 0 aliphatic carbocycles. The van der Waals surface area contributed by atoms with Gasteiger partial charge < -0.3 is 9.64 Å². The largest absolute Gasteiger partial charge is 0.379 e. The molecule has 0 bridgehead atoms. The van der Waals surface area contributed by atoms with Gasteiger partial charge in [0, 0.05) is 37.9 Å². The second kappa shape index (κ2) is 9.02. The van der Waals surface area contributed by atoms with E-state index in [-0.39, 0.29) is 22.3 Å². The molecule has 184 valence electrons. The lowest BCUT2D eigenvalue weighted by atomic mass is 9.99. The molecule has 1 N–H and O–H groups in total. The molecule has 12 heteroatoms. The van der Waals surface area contributed by atoms with Gasteiger partial charge in [0.2, 0.25) is 16.0 Å². The summed E-state index contributed by atoms with van der Waals surface area (Å²) >= 11 is 0. The Bertz CT molecular complexity index is 1460. The van der Waals surface area contributed by atoms with Gasteiger partial charge in [-0.15, -0.1) is 0 Å². The van der Waals surface area contributed by atoms with E-state index in [1.807, 2.05) is 6.07 Å². The molecule has 1 saturated heterocycles. The van der Waals surface area contributed by atoms with Crippen molar-refractivity contribution in [2.75, 3.05) is 32.8 Å². The minimum Gasteiger partial charge on any atom is -0.379 e. The molecule has 0 radical (unpaired) electrons. The van der Waals surface area contributed by atoms with Crippen LogP contribution < -0.4 is 5.56 Å². The SMILES string of the molecule is Cc1cc(=O)[nH]c(-n2ncc(C(=O)N3CCc4ccc(S(=O)(=O)N5CCOCC5)cc4C3)c2C)n1. The number of fused-ring (bicyclic) bond motifs is 1. The highest BCUT2D eigenvalue weighted by molar-refractivity contribution is 7.89. The summed E-state index contributed by atoms with van der Waals surface area (Å²) in [4.78, 5) is 34.1. The summed E-state index contributed by atoms with van der Waals surface area (Å²) in [5.74, 6) is 0.0318. The maximum absolute atomic E-state index is 13.4. The third kappa shape index (κ3) is 4.40. The highest BCUT2D eigenvalue weighted by Gasteiger charge is 2.29. The Balaban J connectivity index is 1.39. The molecule has 3 aromatic rings. The van der Waals surface area contributed by atoms with E-state index in [1.165, 1.54) is 21.3 Å². The Morgan fingerprint density at radius 3 is 2.60 bits per heavy atom. The average Bonchev–Trinajstić information content (AvgIpc) is 3.24. The second-order valence-electron chi connectivity index (χ2n) is 8.69. The van der Waals surface area contributed by atoms with E-state index >= 15 is 0 Å². The maximum Gasteiger partial charge on any atom is 0.257 e. The van der Waals surface area contributed by atoms with Crippen LogP contribution in [0.2, 0.25) is 0 Å². The van der Waals surface area contributed by atoms with Crippen LogP contribution in [0, 0.1) is 13.8 Å². The van der Waals surface area contributed by atoms with Gasteiger partial charge in [-0.25, -0.2) is 18.1 Å². The number of aromatic nitrogens is 4. The first-order valence-corrected chi connectivity index (χ1v) is 12.8. The molecule has 1 fully saturated rings. The van der Waals surface area contributed by atoms with Crippen LogP contribution in [0.25, 0.3) is 5.95 Å². The normalized spacial score (nSPS) is 16.8. The molecule has 35 heavy (non-hydrogen) atoms. The summed E-state index contributed by atoms with van der Waals surface area (Å²) in [6.07, 6.45) is 2.09. The molecule has 0 saturated carbocycles. The van der Waals surface area contributed by atoms with E-state index in [1.54, 1.807) is 30.9 Å². The summed E-state index contributed by atoms with van der Waals surface area (Å²) in [5.41, 5.74) is 3.04.